The summed E-state index contributed by atoms with van der Waals surface area (Å²) in [5.41, 5.74) is 0.474. The smallest absolute Gasteiger partial charge is 0.417 e. The molecule has 0 radical (unpaired) electrons. The molecule has 3 aromatic rings. The highest BCUT2D eigenvalue weighted by Crippen LogP contribution is 2.35. The SMILES string of the molecule is Cc1cc(CC(=O)Cc2ccc(Cl)c(C(F)(F)F)c2)cnc1Oc1cc(NC(=O)C2CC2)ncn1. The van der Waals surface area contributed by atoms with Gasteiger partial charge in [0.15, 0.2) is 0 Å². The number of nitrogens with one attached hydrogen (secondary N) is 1. The normalized spacial score (nSPS) is 13.4. The van der Waals surface area contributed by atoms with Gasteiger partial charge >= 0.3 is 6.18 Å². The minimum absolute atomic E-state index is 0.0110. The number of ketones is 1. The van der Waals surface area contributed by atoms with Gasteiger partial charge in [0.2, 0.25) is 17.7 Å². The molecule has 1 fully saturated rings. The molecule has 0 spiro atoms. The molecule has 1 N–H and O–H groups in total. The van der Waals surface area contributed by atoms with Crippen LogP contribution in [0.2, 0.25) is 5.02 Å². The number of nitrogens with zero attached hydrogens (tertiary/aromatic N) is 3. The Bertz CT molecular complexity index is 1280. The molecule has 11 heteroatoms. The predicted octanol–water partition coefficient (Wildman–Crippen LogP) is 5.35. The van der Waals surface area contributed by atoms with E-state index in [1.54, 1.807) is 13.0 Å². The first kappa shape index (κ1) is 24.6. The van der Waals surface area contributed by atoms with Crippen molar-refractivity contribution >= 4 is 29.1 Å². The maximum atomic E-state index is 13.0. The van der Waals surface area contributed by atoms with Crippen LogP contribution in [0.3, 0.4) is 0 Å². The van der Waals surface area contributed by atoms with Gasteiger partial charge in [-0.2, -0.15) is 13.2 Å². The Hall–Kier alpha value is -3.53. The van der Waals surface area contributed by atoms with E-state index in [1.807, 2.05) is 0 Å². The molecular weight excluding hydrogens is 485 g/mol. The topological polar surface area (TPSA) is 94.1 Å². The number of Topliss-reactive ketones (excluding diaryl/α,β-unsaturated/α-hetero) is 1. The van der Waals surface area contributed by atoms with E-state index in [1.165, 1.54) is 24.7 Å². The first-order valence-electron chi connectivity index (χ1n) is 10.7. The van der Waals surface area contributed by atoms with Crippen LogP contribution in [0, 0.1) is 12.8 Å². The van der Waals surface area contributed by atoms with Crippen molar-refractivity contribution in [3.05, 3.63) is 70.1 Å². The molecule has 2 aromatic heterocycles. The third-order valence-corrected chi connectivity index (χ3v) is 5.60. The van der Waals surface area contributed by atoms with Crippen LogP contribution in [0.4, 0.5) is 19.0 Å². The number of halogens is 4. The Kier molecular flexibility index (Phi) is 7.02. The molecule has 4 rings (SSSR count). The molecule has 0 bridgehead atoms. The van der Waals surface area contributed by atoms with Crippen LogP contribution in [0.25, 0.3) is 0 Å². The summed E-state index contributed by atoms with van der Waals surface area (Å²) in [6, 6.07) is 6.63. The van der Waals surface area contributed by atoms with Crippen molar-refractivity contribution < 1.29 is 27.5 Å². The zero-order chi connectivity index (χ0) is 25.2. The van der Waals surface area contributed by atoms with Gasteiger partial charge in [-0.05, 0) is 49.1 Å². The Balaban J connectivity index is 1.39. The summed E-state index contributed by atoms with van der Waals surface area (Å²) < 4.78 is 44.8. The minimum Gasteiger partial charge on any atom is -0.420 e. The standard InChI is InChI=1S/C24H20ClF3N4O3/c1-13-6-15(8-17(33)7-14-2-5-19(25)18(9-14)24(26,27)28)11-29-23(13)35-21-10-20(30-12-31-21)32-22(34)16-3-4-16/h2,5-6,9-12,16H,3-4,7-8H2,1H3,(H,30,31,32,34). The van der Waals surface area contributed by atoms with Crippen molar-refractivity contribution in [1.82, 2.24) is 15.0 Å². The highest BCUT2D eigenvalue weighted by molar-refractivity contribution is 6.31. The van der Waals surface area contributed by atoms with E-state index in [2.05, 4.69) is 20.3 Å². The fraction of sp³-hybridized carbons (Fsp3) is 0.292. The Labute approximate surface area is 203 Å². The van der Waals surface area contributed by atoms with Crippen LogP contribution in [0.5, 0.6) is 11.8 Å². The number of aryl methyl sites for hydroxylation is 1. The zero-order valence-electron chi connectivity index (χ0n) is 18.5. The van der Waals surface area contributed by atoms with Crippen LogP contribution in [-0.2, 0) is 28.6 Å². The van der Waals surface area contributed by atoms with E-state index in [9.17, 15) is 22.8 Å². The zero-order valence-corrected chi connectivity index (χ0v) is 19.3. The van der Waals surface area contributed by atoms with Crippen molar-refractivity contribution in [2.24, 2.45) is 5.92 Å². The van der Waals surface area contributed by atoms with Crippen molar-refractivity contribution in [2.45, 2.75) is 38.8 Å². The molecule has 0 aliphatic heterocycles. The average Bonchev–Trinajstić information content (AvgIpc) is 3.62. The number of rotatable bonds is 8. The van der Waals surface area contributed by atoms with Crippen LogP contribution in [0.1, 0.15) is 35.1 Å². The number of hydrogen-bond acceptors (Lipinski definition) is 6. The molecule has 1 aliphatic rings. The molecule has 1 amide bonds. The number of benzene rings is 1. The lowest BCUT2D eigenvalue weighted by atomic mass is 10.0. The lowest BCUT2D eigenvalue weighted by molar-refractivity contribution is -0.137. The summed E-state index contributed by atoms with van der Waals surface area (Å²) in [5, 5.41) is 2.30. The van der Waals surface area contributed by atoms with Crippen LogP contribution in [-0.4, -0.2) is 26.6 Å². The number of alkyl halides is 3. The second-order valence-corrected chi connectivity index (χ2v) is 8.68. The van der Waals surface area contributed by atoms with E-state index in [4.69, 9.17) is 16.3 Å². The third kappa shape index (κ3) is 6.54. The molecular formula is C24H20ClF3N4O3. The first-order valence-corrected chi connectivity index (χ1v) is 11.1. The second kappa shape index (κ2) is 9.99. The van der Waals surface area contributed by atoms with Gasteiger partial charge < -0.3 is 10.1 Å². The van der Waals surface area contributed by atoms with Gasteiger partial charge in [-0.1, -0.05) is 17.7 Å². The molecule has 1 saturated carbocycles. The lowest BCUT2D eigenvalue weighted by Crippen LogP contribution is -2.14. The van der Waals surface area contributed by atoms with Crippen molar-refractivity contribution in [3.63, 3.8) is 0 Å². The number of aromatic nitrogens is 3. The maximum Gasteiger partial charge on any atom is 0.417 e. The largest absolute Gasteiger partial charge is 0.420 e. The van der Waals surface area contributed by atoms with Crippen molar-refractivity contribution in [1.29, 1.82) is 0 Å². The molecule has 0 saturated heterocycles. The number of carbonyl (C=O) groups is 2. The summed E-state index contributed by atoms with van der Waals surface area (Å²) >= 11 is 5.63. The van der Waals surface area contributed by atoms with Gasteiger partial charge in [-0.25, -0.2) is 15.0 Å². The molecule has 0 unspecified atom stereocenters. The number of ether oxygens (including phenoxy) is 1. The summed E-state index contributed by atoms with van der Waals surface area (Å²) in [6.45, 7) is 1.74. The number of amides is 1. The molecule has 182 valence electrons. The average molecular weight is 505 g/mol. The quantitative estimate of drug-likeness (QED) is 0.444. The summed E-state index contributed by atoms with van der Waals surface area (Å²) in [5.74, 6) is 0.427. The predicted molar refractivity (Wildman–Crippen MR) is 121 cm³/mol. The van der Waals surface area contributed by atoms with Gasteiger partial charge in [0.05, 0.1) is 10.6 Å². The fourth-order valence-corrected chi connectivity index (χ4v) is 3.60. The molecule has 1 aromatic carbocycles. The van der Waals surface area contributed by atoms with E-state index < -0.39 is 16.8 Å². The Morgan fingerprint density at radius 3 is 2.51 bits per heavy atom. The first-order chi connectivity index (χ1) is 16.6. The van der Waals surface area contributed by atoms with Crippen molar-refractivity contribution in [3.8, 4) is 11.8 Å². The number of hydrogen-bond donors (Lipinski definition) is 1. The third-order valence-electron chi connectivity index (χ3n) is 5.27. The van der Waals surface area contributed by atoms with Crippen LogP contribution >= 0.6 is 11.6 Å². The highest BCUT2D eigenvalue weighted by Gasteiger charge is 2.33. The van der Waals surface area contributed by atoms with Crippen LogP contribution in [0.15, 0.2) is 42.9 Å². The second-order valence-electron chi connectivity index (χ2n) is 8.28. The number of pyridine rings is 1. The van der Waals surface area contributed by atoms with Gasteiger partial charge in [0.25, 0.3) is 0 Å². The van der Waals surface area contributed by atoms with Crippen LogP contribution < -0.4 is 10.1 Å². The van der Waals surface area contributed by atoms with Crippen molar-refractivity contribution in [2.75, 3.05) is 5.32 Å². The maximum absolute atomic E-state index is 13.0. The van der Waals surface area contributed by atoms with Gasteiger partial charge in [-0.15, -0.1) is 0 Å². The molecule has 0 atom stereocenters. The van der Waals surface area contributed by atoms with E-state index in [-0.39, 0.29) is 47.8 Å². The fourth-order valence-electron chi connectivity index (χ4n) is 3.38. The van der Waals surface area contributed by atoms with Gasteiger partial charge in [0.1, 0.15) is 17.9 Å². The summed E-state index contributed by atoms with van der Waals surface area (Å²) in [7, 11) is 0. The summed E-state index contributed by atoms with van der Waals surface area (Å²) in [6.07, 6.45) is -0.322. The van der Waals surface area contributed by atoms with E-state index in [0.29, 0.717) is 16.9 Å². The van der Waals surface area contributed by atoms with Gasteiger partial charge in [-0.3, -0.25) is 9.59 Å². The van der Waals surface area contributed by atoms with E-state index >= 15 is 0 Å². The minimum atomic E-state index is -4.60. The molecule has 1 aliphatic carbocycles. The van der Waals surface area contributed by atoms with Gasteiger partial charge in [0, 0.05) is 36.6 Å². The van der Waals surface area contributed by atoms with E-state index in [0.717, 1.165) is 25.0 Å². The molecule has 35 heavy (non-hydrogen) atoms. The Morgan fingerprint density at radius 2 is 1.83 bits per heavy atom. The molecule has 2 heterocycles. The molecule has 7 nitrogen and oxygen atoms in total. The number of carbonyl (C=O) groups excluding carboxylic acids is 2. The number of anilines is 1. The summed E-state index contributed by atoms with van der Waals surface area (Å²) in [4.78, 5) is 36.6. The Morgan fingerprint density at radius 1 is 1.09 bits per heavy atom. The monoisotopic (exact) mass is 504 g/mol. The highest BCUT2D eigenvalue weighted by atomic mass is 35.5. The lowest BCUT2D eigenvalue weighted by Gasteiger charge is -2.11.